The number of hydrogen-bond acceptors (Lipinski definition) is 3. The summed E-state index contributed by atoms with van der Waals surface area (Å²) >= 11 is 3.54. The zero-order valence-corrected chi connectivity index (χ0v) is 14.4. The quantitative estimate of drug-likeness (QED) is 0.850. The summed E-state index contributed by atoms with van der Waals surface area (Å²) in [6.07, 6.45) is 2.37. The van der Waals surface area contributed by atoms with Crippen molar-refractivity contribution >= 4 is 21.8 Å². The Balaban J connectivity index is 1.89. The maximum Gasteiger partial charge on any atom is 0.236 e. The molecule has 0 spiro atoms. The lowest BCUT2D eigenvalue weighted by molar-refractivity contribution is -0.131. The molecule has 2 rings (SSSR count). The Morgan fingerprint density at radius 1 is 1.48 bits per heavy atom. The predicted octanol–water partition coefficient (Wildman–Crippen LogP) is 2.09. The van der Waals surface area contributed by atoms with Gasteiger partial charge in [0.05, 0.1) is 6.54 Å². The summed E-state index contributed by atoms with van der Waals surface area (Å²) in [5.41, 5.74) is 1.14. The van der Waals surface area contributed by atoms with E-state index in [0.29, 0.717) is 19.1 Å². The van der Waals surface area contributed by atoms with Gasteiger partial charge in [0.1, 0.15) is 0 Å². The lowest BCUT2D eigenvalue weighted by atomic mass is 10.2. The van der Waals surface area contributed by atoms with Crippen molar-refractivity contribution in [1.82, 2.24) is 15.1 Å². The third-order valence-corrected chi connectivity index (χ3v) is 4.84. The van der Waals surface area contributed by atoms with Gasteiger partial charge < -0.3 is 10.2 Å². The number of carbonyl (C=O) groups excluding carboxylic acids is 1. The molecular weight excluding hydrogens is 330 g/mol. The summed E-state index contributed by atoms with van der Waals surface area (Å²) in [5.74, 6) is 0.189. The maximum absolute atomic E-state index is 12.4. The minimum atomic E-state index is 0.189. The molecule has 4 nitrogen and oxygen atoms in total. The number of nitrogens with one attached hydrogen (secondary N) is 1. The van der Waals surface area contributed by atoms with E-state index in [2.05, 4.69) is 26.1 Å². The van der Waals surface area contributed by atoms with E-state index in [4.69, 9.17) is 0 Å². The van der Waals surface area contributed by atoms with Gasteiger partial charge in [-0.2, -0.15) is 0 Å². The van der Waals surface area contributed by atoms with Gasteiger partial charge in [0.2, 0.25) is 5.91 Å². The zero-order chi connectivity index (χ0) is 15.2. The number of nitrogens with zero attached hydrogens (tertiary/aromatic N) is 2. The standard InChI is InChI=1S/C16H24BrN3O/c1-18-10-14-7-5-9-20(14)12-16(21)19(2)11-13-6-3-4-8-15(13)17/h3-4,6,8,14,18H,5,7,9-12H2,1-2H3. The highest BCUT2D eigenvalue weighted by atomic mass is 79.9. The van der Waals surface area contributed by atoms with Crippen molar-refractivity contribution in [3.05, 3.63) is 34.3 Å². The van der Waals surface area contributed by atoms with Crippen molar-refractivity contribution in [2.45, 2.75) is 25.4 Å². The normalized spacial score (nSPS) is 18.9. The second-order valence-electron chi connectivity index (χ2n) is 5.67. The molecule has 0 radical (unpaired) electrons. The van der Waals surface area contributed by atoms with E-state index in [1.807, 2.05) is 43.3 Å². The molecule has 1 aliphatic heterocycles. The molecule has 1 atom stereocenters. The maximum atomic E-state index is 12.4. The van der Waals surface area contributed by atoms with Crippen LogP contribution in [0.2, 0.25) is 0 Å². The molecule has 1 fully saturated rings. The van der Waals surface area contributed by atoms with Crippen molar-refractivity contribution in [3.63, 3.8) is 0 Å². The molecule has 1 saturated heterocycles. The molecule has 1 unspecified atom stereocenters. The third kappa shape index (κ3) is 4.53. The highest BCUT2D eigenvalue weighted by Gasteiger charge is 2.26. The molecule has 1 aromatic carbocycles. The summed E-state index contributed by atoms with van der Waals surface area (Å²) in [4.78, 5) is 16.5. The highest BCUT2D eigenvalue weighted by molar-refractivity contribution is 9.10. The van der Waals surface area contributed by atoms with Crippen molar-refractivity contribution < 1.29 is 4.79 Å². The van der Waals surface area contributed by atoms with Crippen molar-refractivity contribution in [3.8, 4) is 0 Å². The molecule has 1 heterocycles. The Bertz CT molecular complexity index is 480. The summed E-state index contributed by atoms with van der Waals surface area (Å²) in [7, 11) is 3.85. The first-order chi connectivity index (χ1) is 10.1. The van der Waals surface area contributed by atoms with Gasteiger partial charge in [-0.05, 0) is 38.1 Å². The Kier molecular flexibility index (Phi) is 6.21. The first-order valence-corrected chi connectivity index (χ1v) is 8.27. The van der Waals surface area contributed by atoms with E-state index in [9.17, 15) is 4.79 Å². The molecule has 0 aromatic heterocycles. The minimum Gasteiger partial charge on any atom is -0.340 e. The van der Waals surface area contributed by atoms with Gasteiger partial charge in [-0.1, -0.05) is 34.1 Å². The molecule has 0 saturated carbocycles. The van der Waals surface area contributed by atoms with Crippen molar-refractivity contribution in [1.29, 1.82) is 0 Å². The molecular formula is C16H24BrN3O. The topological polar surface area (TPSA) is 35.6 Å². The van der Waals surface area contributed by atoms with Gasteiger partial charge in [-0.25, -0.2) is 0 Å². The van der Waals surface area contributed by atoms with Crippen LogP contribution in [0.5, 0.6) is 0 Å². The lowest BCUT2D eigenvalue weighted by Gasteiger charge is -2.26. The molecule has 1 amide bonds. The number of amides is 1. The SMILES string of the molecule is CNCC1CCCN1CC(=O)N(C)Cc1ccccc1Br. The number of hydrogen-bond donors (Lipinski definition) is 1. The summed E-state index contributed by atoms with van der Waals surface area (Å²) < 4.78 is 1.05. The van der Waals surface area contributed by atoms with Crippen LogP contribution in [0.1, 0.15) is 18.4 Å². The Hall–Kier alpha value is -0.910. The Labute approximate surface area is 135 Å². The molecule has 5 heteroatoms. The van der Waals surface area contributed by atoms with Crippen LogP contribution in [0, 0.1) is 0 Å². The van der Waals surface area contributed by atoms with E-state index in [-0.39, 0.29) is 5.91 Å². The number of likely N-dealkylation sites (N-methyl/N-ethyl adjacent to an activating group) is 2. The number of likely N-dealkylation sites (tertiary alicyclic amines) is 1. The van der Waals surface area contributed by atoms with Crippen molar-refractivity contribution in [2.75, 3.05) is 33.7 Å². The predicted molar refractivity (Wildman–Crippen MR) is 89.1 cm³/mol. The largest absolute Gasteiger partial charge is 0.340 e. The van der Waals surface area contributed by atoms with Crippen LogP contribution < -0.4 is 5.32 Å². The molecule has 0 bridgehead atoms. The van der Waals surface area contributed by atoms with E-state index in [1.165, 1.54) is 12.8 Å². The van der Waals surface area contributed by atoms with Gasteiger partial charge in [0, 0.05) is 30.7 Å². The summed E-state index contributed by atoms with van der Waals surface area (Å²) in [5, 5.41) is 3.22. The van der Waals surface area contributed by atoms with E-state index >= 15 is 0 Å². The van der Waals surface area contributed by atoms with E-state index in [0.717, 1.165) is 23.1 Å². The molecule has 116 valence electrons. The fourth-order valence-electron chi connectivity index (χ4n) is 2.83. The molecule has 1 N–H and O–H groups in total. The first kappa shape index (κ1) is 16.5. The first-order valence-electron chi connectivity index (χ1n) is 7.48. The van der Waals surface area contributed by atoms with Crippen LogP contribution in [-0.4, -0.2) is 55.5 Å². The van der Waals surface area contributed by atoms with Crippen LogP contribution in [0.3, 0.4) is 0 Å². The average molecular weight is 354 g/mol. The van der Waals surface area contributed by atoms with Gasteiger partial charge in [-0.15, -0.1) is 0 Å². The van der Waals surface area contributed by atoms with Crippen LogP contribution in [-0.2, 0) is 11.3 Å². The highest BCUT2D eigenvalue weighted by Crippen LogP contribution is 2.19. The number of rotatable bonds is 6. The minimum absolute atomic E-state index is 0.189. The van der Waals surface area contributed by atoms with Crippen LogP contribution in [0.15, 0.2) is 28.7 Å². The summed E-state index contributed by atoms with van der Waals surface area (Å²) in [6.45, 7) is 3.15. The number of halogens is 1. The van der Waals surface area contributed by atoms with E-state index in [1.54, 1.807) is 0 Å². The smallest absolute Gasteiger partial charge is 0.236 e. The number of carbonyl (C=O) groups is 1. The average Bonchev–Trinajstić information content (AvgIpc) is 2.89. The third-order valence-electron chi connectivity index (χ3n) is 4.07. The zero-order valence-electron chi connectivity index (χ0n) is 12.8. The van der Waals surface area contributed by atoms with Crippen LogP contribution >= 0.6 is 15.9 Å². The van der Waals surface area contributed by atoms with Crippen molar-refractivity contribution in [2.24, 2.45) is 0 Å². The Morgan fingerprint density at radius 2 is 2.24 bits per heavy atom. The second kappa shape index (κ2) is 7.92. The van der Waals surface area contributed by atoms with Crippen LogP contribution in [0.25, 0.3) is 0 Å². The fourth-order valence-corrected chi connectivity index (χ4v) is 3.25. The van der Waals surface area contributed by atoms with E-state index < -0.39 is 0 Å². The molecule has 21 heavy (non-hydrogen) atoms. The molecule has 1 aromatic rings. The van der Waals surface area contributed by atoms with Crippen LogP contribution in [0.4, 0.5) is 0 Å². The molecule has 0 aliphatic carbocycles. The van der Waals surface area contributed by atoms with Gasteiger partial charge in [0.25, 0.3) is 0 Å². The monoisotopic (exact) mass is 353 g/mol. The Morgan fingerprint density at radius 3 is 2.95 bits per heavy atom. The van der Waals surface area contributed by atoms with Gasteiger partial charge >= 0.3 is 0 Å². The van der Waals surface area contributed by atoms with Gasteiger partial charge in [-0.3, -0.25) is 9.69 Å². The lowest BCUT2D eigenvalue weighted by Crippen LogP contribution is -2.43. The second-order valence-corrected chi connectivity index (χ2v) is 6.52. The molecule has 1 aliphatic rings. The summed E-state index contributed by atoms with van der Waals surface area (Å²) in [6, 6.07) is 8.55. The van der Waals surface area contributed by atoms with Gasteiger partial charge in [0.15, 0.2) is 0 Å². The number of benzene rings is 1. The fraction of sp³-hybridized carbons (Fsp3) is 0.562.